The summed E-state index contributed by atoms with van der Waals surface area (Å²) in [7, 11) is 1.67. The summed E-state index contributed by atoms with van der Waals surface area (Å²) in [6.07, 6.45) is 0. The number of thioether (sulfide) groups is 1. The van der Waals surface area contributed by atoms with Crippen LogP contribution in [0.15, 0.2) is 24.3 Å². The maximum Gasteiger partial charge on any atom is 0.118 e. The standard InChI is InChI=1S/C13H21NOS/c1-13(2,3)16-9-12(14)10-5-7-11(15-4)8-6-10/h5-8,12H,9,14H2,1-4H3. The zero-order chi connectivity index (χ0) is 12.2. The predicted octanol–water partition coefficient (Wildman–Crippen LogP) is 3.23. The van der Waals surface area contributed by atoms with E-state index in [2.05, 4.69) is 20.8 Å². The van der Waals surface area contributed by atoms with Crippen molar-refractivity contribution in [3.05, 3.63) is 29.8 Å². The van der Waals surface area contributed by atoms with Crippen LogP contribution >= 0.6 is 11.8 Å². The molecule has 0 saturated carbocycles. The lowest BCUT2D eigenvalue weighted by atomic mass is 10.1. The largest absolute Gasteiger partial charge is 0.497 e. The Labute approximate surface area is 103 Å². The van der Waals surface area contributed by atoms with E-state index in [0.29, 0.717) is 0 Å². The van der Waals surface area contributed by atoms with Gasteiger partial charge >= 0.3 is 0 Å². The van der Waals surface area contributed by atoms with Crippen LogP contribution in [0, 0.1) is 0 Å². The molecule has 0 aliphatic heterocycles. The van der Waals surface area contributed by atoms with Crippen LogP contribution in [-0.4, -0.2) is 17.6 Å². The third-order valence-corrected chi connectivity index (χ3v) is 3.63. The number of hydrogen-bond donors (Lipinski definition) is 1. The van der Waals surface area contributed by atoms with Crippen molar-refractivity contribution in [3.63, 3.8) is 0 Å². The fraction of sp³-hybridized carbons (Fsp3) is 0.538. The minimum absolute atomic E-state index is 0.0927. The van der Waals surface area contributed by atoms with Crippen LogP contribution in [0.2, 0.25) is 0 Å². The molecule has 0 aliphatic rings. The molecule has 0 saturated heterocycles. The maximum atomic E-state index is 6.13. The molecule has 2 nitrogen and oxygen atoms in total. The monoisotopic (exact) mass is 239 g/mol. The Balaban J connectivity index is 2.56. The van der Waals surface area contributed by atoms with E-state index in [-0.39, 0.29) is 10.8 Å². The molecule has 1 aromatic carbocycles. The number of ether oxygens (including phenoxy) is 1. The molecule has 1 aromatic rings. The molecule has 0 fully saturated rings. The molecule has 0 radical (unpaired) electrons. The highest BCUT2D eigenvalue weighted by atomic mass is 32.2. The Morgan fingerprint density at radius 3 is 2.25 bits per heavy atom. The van der Waals surface area contributed by atoms with Gasteiger partial charge in [-0.1, -0.05) is 32.9 Å². The van der Waals surface area contributed by atoms with Crippen molar-refractivity contribution in [1.82, 2.24) is 0 Å². The Morgan fingerprint density at radius 1 is 1.25 bits per heavy atom. The van der Waals surface area contributed by atoms with Gasteiger partial charge in [-0.25, -0.2) is 0 Å². The van der Waals surface area contributed by atoms with E-state index in [9.17, 15) is 0 Å². The maximum absolute atomic E-state index is 6.13. The molecule has 3 heteroatoms. The Kier molecular flexibility index (Phi) is 4.69. The van der Waals surface area contributed by atoms with Gasteiger partial charge in [-0.15, -0.1) is 0 Å². The molecular weight excluding hydrogens is 218 g/mol. The van der Waals surface area contributed by atoms with Crippen LogP contribution in [0.4, 0.5) is 0 Å². The van der Waals surface area contributed by atoms with E-state index < -0.39 is 0 Å². The van der Waals surface area contributed by atoms with E-state index in [4.69, 9.17) is 10.5 Å². The van der Waals surface area contributed by atoms with Crippen molar-refractivity contribution in [2.75, 3.05) is 12.9 Å². The molecule has 0 aromatic heterocycles. The first-order chi connectivity index (χ1) is 7.42. The highest BCUT2D eigenvalue weighted by Crippen LogP contribution is 2.27. The highest BCUT2D eigenvalue weighted by Gasteiger charge is 2.14. The normalized spacial score (nSPS) is 13.6. The summed E-state index contributed by atoms with van der Waals surface area (Å²) in [6.45, 7) is 6.62. The molecule has 0 amide bonds. The first-order valence-electron chi connectivity index (χ1n) is 5.46. The second-order valence-electron chi connectivity index (χ2n) is 4.80. The summed E-state index contributed by atoms with van der Waals surface area (Å²) in [5.41, 5.74) is 7.30. The zero-order valence-electron chi connectivity index (χ0n) is 10.5. The summed E-state index contributed by atoms with van der Waals surface area (Å²) in [6, 6.07) is 8.07. The Morgan fingerprint density at radius 2 is 1.81 bits per heavy atom. The van der Waals surface area contributed by atoms with E-state index >= 15 is 0 Å². The van der Waals surface area contributed by atoms with Crippen LogP contribution in [0.25, 0.3) is 0 Å². The van der Waals surface area contributed by atoms with E-state index in [1.807, 2.05) is 36.0 Å². The van der Waals surface area contributed by atoms with Gasteiger partial charge in [-0.2, -0.15) is 11.8 Å². The Bertz CT molecular complexity index is 316. The van der Waals surface area contributed by atoms with Crippen LogP contribution in [0.1, 0.15) is 32.4 Å². The van der Waals surface area contributed by atoms with Gasteiger partial charge in [0, 0.05) is 16.5 Å². The molecule has 16 heavy (non-hydrogen) atoms. The minimum Gasteiger partial charge on any atom is -0.497 e. The van der Waals surface area contributed by atoms with E-state index in [1.165, 1.54) is 0 Å². The molecule has 1 atom stereocenters. The van der Waals surface area contributed by atoms with Gasteiger partial charge in [-0.05, 0) is 17.7 Å². The molecule has 0 aliphatic carbocycles. The second-order valence-corrected chi connectivity index (χ2v) is 6.65. The summed E-state index contributed by atoms with van der Waals surface area (Å²) in [4.78, 5) is 0. The van der Waals surface area contributed by atoms with Crippen molar-refractivity contribution >= 4 is 11.8 Å². The lowest BCUT2D eigenvalue weighted by Crippen LogP contribution is -2.17. The summed E-state index contributed by atoms with van der Waals surface area (Å²) < 4.78 is 5.39. The minimum atomic E-state index is 0.0927. The van der Waals surface area contributed by atoms with Gasteiger partial charge in [0.25, 0.3) is 0 Å². The average molecular weight is 239 g/mol. The first-order valence-corrected chi connectivity index (χ1v) is 6.44. The molecule has 2 N–H and O–H groups in total. The van der Waals surface area contributed by atoms with Gasteiger partial charge in [0.1, 0.15) is 5.75 Å². The van der Waals surface area contributed by atoms with Crippen LogP contribution in [0.5, 0.6) is 5.75 Å². The number of rotatable bonds is 4. The van der Waals surface area contributed by atoms with E-state index in [0.717, 1.165) is 17.1 Å². The molecule has 90 valence electrons. The summed E-state index contributed by atoms with van der Waals surface area (Å²) >= 11 is 1.89. The third kappa shape index (κ3) is 4.45. The topological polar surface area (TPSA) is 35.2 Å². The van der Waals surface area contributed by atoms with Crippen molar-refractivity contribution < 1.29 is 4.74 Å². The lowest BCUT2D eigenvalue weighted by Gasteiger charge is -2.20. The average Bonchev–Trinajstić information content (AvgIpc) is 2.25. The van der Waals surface area contributed by atoms with Crippen molar-refractivity contribution in [2.45, 2.75) is 31.6 Å². The third-order valence-electron chi connectivity index (χ3n) is 2.24. The van der Waals surface area contributed by atoms with Gasteiger partial charge in [0.2, 0.25) is 0 Å². The molecule has 0 spiro atoms. The smallest absolute Gasteiger partial charge is 0.118 e. The van der Waals surface area contributed by atoms with Crippen molar-refractivity contribution in [1.29, 1.82) is 0 Å². The van der Waals surface area contributed by atoms with Crippen molar-refractivity contribution in [3.8, 4) is 5.75 Å². The quantitative estimate of drug-likeness (QED) is 0.876. The molecular formula is C13H21NOS. The predicted molar refractivity (Wildman–Crippen MR) is 72.1 cm³/mol. The fourth-order valence-corrected chi connectivity index (χ4v) is 2.16. The molecule has 1 unspecified atom stereocenters. The second kappa shape index (κ2) is 5.60. The molecule has 1 rings (SSSR count). The van der Waals surface area contributed by atoms with Crippen LogP contribution < -0.4 is 10.5 Å². The number of methoxy groups -OCH3 is 1. The number of hydrogen-bond acceptors (Lipinski definition) is 3. The SMILES string of the molecule is COc1ccc(C(N)CSC(C)(C)C)cc1. The fourth-order valence-electron chi connectivity index (χ4n) is 1.29. The van der Waals surface area contributed by atoms with E-state index in [1.54, 1.807) is 7.11 Å². The molecule has 0 bridgehead atoms. The van der Waals surface area contributed by atoms with Crippen LogP contribution in [-0.2, 0) is 0 Å². The number of nitrogens with two attached hydrogens (primary N) is 1. The summed E-state index contributed by atoms with van der Waals surface area (Å²) in [5.74, 6) is 1.81. The van der Waals surface area contributed by atoms with Crippen molar-refractivity contribution in [2.24, 2.45) is 5.73 Å². The van der Waals surface area contributed by atoms with Crippen LogP contribution in [0.3, 0.4) is 0 Å². The summed E-state index contributed by atoms with van der Waals surface area (Å²) in [5, 5.41) is 0. The van der Waals surface area contributed by atoms with Gasteiger partial charge < -0.3 is 10.5 Å². The molecule has 0 heterocycles. The highest BCUT2D eigenvalue weighted by molar-refractivity contribution is 8.00. The first kappa shape index (κ1) is 13.4. The Hall–Kier alpha value is -0.670. The lowest BCUT2D eigenvalue weighted by molar-refractivity contribution is 0.414. The number of benzene rings is 1. The zero-order valence-corrected chi connectivity index (χ0v) is 11.3. The van der Waals surface area contributed by atoms with Gasteiger partial charge in [0.15, 0.2) is 0 Å². The van der Waals surface area contributed by atoms with Gasteiger partial charge in [0.05, 0.1) is 7.11 Å². The van der Waals surface area contributed by atoms with Gasteiger partial charge in [-0.3, -0.25) is 0 Å².